The van der Waals surface area contributed by atoms with E-state index in [1.54, 1.807) is 0 Å². The Morgan fingerprint density at radius 1 is 1.56 bits per heavy atom. The van der Waals surface area contributed by atoms with Crippen LogP contribution in [0.4, 0.5) is 0 Å². The monoisotopic (exact) mass is 120 g/mol. The maximum atomic E-state index is 3.89. The Bertz CT molecular complexity index is 161. The van der Waals surface area contributed by atoms with Crippen LogP contribution in [0.1, 0.15) is 13.3 Å². The smallest absolute Gasteiger partial charge is 0.000901 e. The molecule has 0 heterocycles. The van der Waals surface area contributed by atoms with Gasteiger partial charge in [-0.15, -0.1) is 0 Å². The average molecular weight is 120 g/mol. The molecule has 1 rings (SSSR count). The topological polar surface area (TPSA) is 0 Å². The van der Waals surface area contributed by atoms with Crippen molar-refractivity contribution in [1.82, 2.24) is 0 Å². The number of hydrogen-bond acceptors (Lipinski definition) is 0. The van der Waals surface area contributed by atoms with Gasteiger partial charge >= 0.3 is 0 Å². The highest BCUT2D eigenvalue weighted by Gasteiger charge is 2.03. The number of rotatable bonds is 1. The molecular formula is C9H12. The van der Waals surface area contributed by atoms with Crippen molar-refractivity contribution in [3.05, 3.63) is 36.5 Å². The summed E-state index contributed by atoms with van der Waals surface area (Å²) < 4.78 is 0. The molecule has 0 spiro atoms. The third-order valence-electron chi connectivity index (χ3n) is 1.61. The molecule has 0 saturated carbocycles. The number of hydrogen-bond donors (Lipinski definition) is 0. The van der Waals surface area contributed by atoms with Crippen molar-refractivity contribution < 1.29 is 0 Å². The maximum absolute atomic E-state index is 3.89. The van der Waals surface area contributed by atoms with Crippen LogP contribution < -0.4 is 0 Å². The Balaban J connectivity index is 2.56. The Morgan fingerprint density at radius 3 is 2.67 bits per heavy atom. The first-order valence-corrected chi connectivity index (χ1v) is 3.29. The third kappa shape index (κ3) is 1.56. The molecule has 0 nitrogen and oxygen atoms in total. The summed E-state index contributed by atoms with van der Waals surface area (Å²) in [4.78, 5) is 0. The zero-order valence-electron chi connectivity index (χ0n) is 5.80. The molecule has 0 saturated heterocycles. The van der Waals surface area contributed by atoms with Crippen molar-refractivity contribution >= 4 is 0 Å². The van der Waals surface area contributed by atoms with Crippen molar-refractivity contribution in [2.24, 2.45) is 5.92 Å². The van der Waals surface area contributed by atoms with Gasteiger partial charge in [0.2, 0.25) is 0 Å². The molecule has 0 aromatic rings. The van der Waals surface area contributed by atoms with Crippen molar-refractivity contribution in [3.8, 4) is 0 Å². The van der Waals surface area contributed by atoms with Crippen molar-refractivity contribution in [2.75, 3.05) is 0 Å². The minimum atomic E-state index is 0.593. The van der Waals surface area contributed by atoms with Gasteiger partial charge in [0.25, 0.3) is 0 Å². The Hall–Kier alpha value is -0.780. The summed E-state index contributed by atoms with van der Waals surface area (Å²) in [5, 5.41) is 0. The quantitative estimate of drug-likeness (QED) is 0.467. The van der Waals surface area contributed by atoms with Crippen LogP contribution in [0.3, 0.4) is 0 Å². The highest BCUT2D eigenvalue weighted by Crippen LogP contribution is 2.17. The van der Waals surface area contributed by atoms with Gasteiger partial charge in [-0.05, 0) is 13.3 Å². The van der Waals surface area contributed by atoms with Gasteiger partial charge in [0, 0.05) is 5.92 Å². The van der Waals surface area contributed by atoms with E-state index in [4.69, 9.17) is 0 Å². The number of allylic oxidation sites excluding steroid dienone is 5. The molecule has 0 N–H and O–H groups in total. The van der Waals surface area contributed by atoms with Crippen molar-refractivity contribution in [2.45, 2.75) is 13.3 Å². The molecule has 48 valence electrons. The largest absolute Gasteiger partial charge is 0.0995 e. The van der Waals surface area contributed by atoms with Crippen LogP contribution in [-0.2, 0) is 0 Å². The second-order valence-electron chi connectivity index (χ2n) is 2.50. The van der Waals surface area contributed by atoms with Crippen molar-refractivity contribution in [3.63, 3.8) is 0 Å². The lowest BCUT2D eigenvalue weighted by molar-refractivity contribution is 0.770. The molecule has 0 radical (unpaired) electrons. The standard InChI is InChI=1S/C9H12/c1-8(2)9-6-4-3-5-7-9/h3-6,9H,1,7H2,2H3. The van der Waals surface area contributed by atoms with Gasteiger partial charge in [-0.3, -0.25) is 0 Å². The van der Waals surface area contributed by atoms with Crippen LogP contribution in [0.15, 0.2) is 36.5 Å². The molecular weight excluding hydrogens is 108 g/mol. The summed E-state index contributed by atoms with van der Waals surface area (Å²) in [5.74, 6) is 0.593. The van der Waals surface area contributed by atoms with Gasteiger partial charge in [0.15, 0.2) is 0 Å². The molecule has 1 atom stereocenters. The molecule has 0 aromatic carbocycles. The zero-order chi connectivity index (χ0) is 6.69. The lowest BCUT2D eigenvalue weighted by Gasteiger charge is -2.11. The van der Waals surface area contributed by atoms with Gasteiger partial charge in [-0.2, -0.15) is 0 Å². The highest BCUT2D eigenvalue weighted by molar-refractivity contribution is 5.18. The van der Waals surface area contributed by atoms with Gasteiger partial charge in [-0.25, -0.2) is 0 Å². The van der Waals surface area contributed by atoms with Crippen LogP contribution in [-0.4, -0.2) is 0 Å². The summed E-state index contributed by atoms with van der Waals surface area (Å²) in [6, 6.07) is 0. The van der Waals surface area contributed by atoms with E-state index < -0.39 is 0 Å². The molecule has 9 heavy (non-hydrogen) atoms. The SMILES string of the molecule is C=C(C)C1C=CC=CC1. The van der Waals surface area contributed by atoms with E-state index in [0.717, 1.165) is 6.42 Å². The molecule has 1 aliphatic carbocycles. The summed E-state index contributed by atoms with van der Waals surface area (Å²) in [5.41, 5.74) is 1.26. The minimum absolute atomic E-state index is 0.593. The summed E-state index contributed by atoms with van der Waals surface area (Å²) in [7, 11) is 0. The fourth-order valence-electron chi connectivity index (χ4n) is 0.946. The molecule has 0 heteroatoms. The Morgan fingerprint density at radius 2 is 2.33 bits per heavy atom. The van der Waals surface area contributed by atoms with Gasteiger partial charge in [0.05, 0.1) is 0 Å². The normalized spacial score (nSPS) is 24.3. The fraction of sp³-hybridized carbons (Fsp3) is 0.333. The predicted molar refractivity (Wildman–Crippen MR) is 41.2 cm³/mol. The van der Waals surface area contributed by atoms with Crippen LogP contribution in [0.25, 0.3) is 0 Å². The summed E-state index contributed by atoms with van der Waals surface area (Å²) in [6.07, 6.45) is 9.68. The molecule has 0 bridgehead atoms. The van der Waals surface area contributed by atoms with Crippen LogP contribution in [0, 0.1) is 5.92 Å². The molecule has 1 aliphatic rings. The summed E-state index contributed by atoms with van der Waals surface area (Å²) in [6.45, 7) is 5.97. The van der Waals surface area contributed by atoms with Crippen LogP contribution >= 0.6 is 0 Å². The first kappa shape index (κ1) is 6.34. The Kier molecular flexibility index (Phi) is 1.88. The average Bonchev–Trinajstić information content (AvgIpc) is 1.90. The fourth-order valence-corrected chi connectivity index (χ4v) is 0.946. The molecule has 1 unspecified atom stereocenters. The van der Waals surface area contributed by atoms with Crippen LogP contribution in [0.5, 0.6) is 0 Å². The predicted octanol–water partition coefficient (Wildman–Crippen LogP) is 2.69. The van der Waals surface area contributed by atoms with E-state index in [1.165, 1.54) is 5.57 Å². The van der Waals surface area contributed by atoms with Gasteiger partial charge in [-0.1, -0.05) is 36.5 Å². The van der Waals surface area contributed by atoms with E-state index >= 15 is 0 Å². The lowest BCUT2D eigenvalue weighted by atomic mass is 9.95. The molecule has 0 aliphatic heterocycles. The first-order chi connectivity index (χ1) is 4.30. The van der Waals surface area contributed by atoms with E-state index in [-0.39, 0.29) is 0 Å². The first-order valence-electron chi connectivity index (χ1n) is 3.29. The van der Waals surface area contributed by atoms with E-state index in [9.17, 15) is 0 Å². The Labute approximate surface area is 56.6 Å². The maximum Gasteiger partial charge on any atom is 0.000901 e. The van der Waals surface area contributed by atoms with E-state index in [2.05, 4.69) is 37.8 Å². The highest BCUT2D eigenvalue weighted by atomic mass is 14.1. The minimum Gasteiger partial charge on any atom is -0.0995 e. The summed E-state index contributed by atoms with van der Waals surface area (Å²) >= 11 is 0. The van der Waals surface area contributed by atoms with Gasteiger partial charge < -0.3 is 0 Å². The third-order valence-corrected chi connectivity index (χ3v) is 1.61. The zero-order valence-corrected chi connectivity index (χ0v) is 5.80. The molecule has 0 amide bonds. The van der Waals surface area contributed by atoms with E-state index in [1.807, 2.05) is 0 Å². The second kappa shape index (κ2) is 2.67. The van der Waals surface area contributed by atoms with Crippen molar-refractivity contribution in [1.29, 1.82) is 0 Å². The molecule has 0 fully saturated rings. The van der Waals surface area contributed by atoms with E-state index in [0.29, 0.717) is 5.92 Å². The molecule has 0 aromatic heterocycles. The lowest BCUT2D eigenvalue weighted by Crippen LogP contribution is -1.96. The van der Waals surface area contributed by atoms with Crippen LogP contribution in [0.2, 0.25) is 0 Å². The van der Waals surface area contributed by atoms with Gasteiger partial charge in [0.1, 0.15) is 0 Å². The second-order valence-corrected chi connectivity index (χ2v) is 2.50.